The van der Waals surface area contributed by atoms with Crippen molar-refractivity contribution in [3.63, 3.8) is 0 Å². The third-order valence-electron chi connectivity index (χ3n) is 6.49. The zero-order valence-electron chi connectivity index (χ0n) is 20.2. The highest BCUT2D eigenvalue weighted by Gasteiger charge is 2.29. The fraction of sp³-hybridized carbons (Fsp3) is 0.250. The minimum Gasteiger partial charge on any atom is -0.497 e. The van der Waals surface area contributed by atoms with E-state index in [1.54, 1.807) is 14.2 Å². The number of ether oxygens (including phenoxy) is 3. The summed E-state index contributed by atoms with van der Waals surface area (Å²) in [4.78, 5) is 14.9. The van der Waals surface area contributed by atoms with Crippen molar-refractivity contribution in [1.82, 2.24) is 4.98 Å². The fourth-order valence-corrected chi connectivity index (χ4v) is 4.83. The Morgan fingerprint density at radius 1 is 1.03 bits per heavy atom. The second-order valence-corrected chi connectivity index (χ2v) is 8.75. The molecule has 1 aliphatic heterocycles. The van der Waals surface area contributed by atoms with Crippen LogP contribution in [0, 0.1) is 0 Å². The van der Waals surface area contributed by atoms with Crippen molar-refractivity contribution in [3.8, 4) is 17.2 Å². The third kappa shape index (κ3) is 4.68. The van der Waals surface area contributed by atoms with E-state index in [1.165, 1.54) is 29.1 Å². The minimum absolute atomic E-state index is 0.100. The summed E-state index contributed by atoms with van der Waals surface area (Å²) in [7, 11) is 3.38. The Morgan fingerprint density at radius 2 is 1.83 bits per heavy atom. The monoisotopic (exact) mass is 472 g/mol. The number of aromatic nitrogens is 1. The van der Waals surface area contributed by atoms with E-state index in [0.717, 1.165) is 47.0 Å². The molecule has 5 rings (SSSR count). The van der Waals surface area contributed by atoms with Gasteiger partial charge in [0.25, 0.3) is 0 Å². The van der Waals surface area contributed by atoms with E-state index in [4.69, 9.17) is 14.2 Å². The van der Waals surface area contributed by atoms with Gasteiger partial charge in [0.05, 0.1) is 26.5 Å². The summed E-state index contributed by atoms with van der Waals surface area (Å²) in [6, 6.07) is 20.0. The first-order valence-corrected chi connectivity index (χ1v) is 11.7. The van der Waals surface area contributed by atoms with Crippen LogP contribution >= 0.6 is 0 Å². The SMILES string of the molecule is COc1ccc2[nH]c3c(c2c1)CC[NH2+][C@H]3c1ccc(OC)c(COc2ccc(NC(C)=O)cc2)c1. The average molecular weight is 473 g/mol. The molecule has 1 aromatic heterocycles. The van der Waals surface area contributed by atoms with Crippen LogP contribution in [-0.4, -0.2) is 31.7 Å². The molecule has 0 saturated heterocycles. The molecule has 0 fully saturated rings. The van der Waals surface area contributed by atoms with Gasteiger partial charge in [0.1, 0.15) is 23.9 Å². The van der Waals surface area contributed by atoms with Crippen molar-refractivity contribution in [3.05, 3.63) is 83.0 Å². The molecule has 35 heavy (non-hydrogen) atoms. The lowest BCUT2D eigenvalue weighted by molar-refractivity contribution is -0.690. The van der Waals surface area contributed by atoms with Gasteiger partial charge in [-0.15, -0.1) is 0 Å². The molecular formula is C28H30N3O4+. The molecule has 4 aromatic rings. The number of carbonyl (C=O) groups excluding carboxylic acids is 1. The molecule has 4 N–H and O–H groups in total. The Morgan fingerprint density at radius 3 is 2.57 bits per heavy atom. The smallest absolute Gasteiger partial charge is 0.221 e. The topological polar surface area (TPSA) is 89.2 Å². The van der Waals surface area contributed by atoms with Crippen LogP contribution < -0.4 is 24.8 Å². The second-order valence-electron chi connectivity index (χ2n) is 8.75. The Bertz CT molecular complexity index is 1360. The molecule has 7 heteroatoms. The van der Waals surface area contributed by atoms with E-state index in [2.05, 4.69) is 39.9 Å². The Labute approximate surface area is 204 Å². The number of amides is 1. The number of hydrogen-bond acceptors (Lipinski definition) is 4. The number of nitrogens with one attached hydrogen (secondary N) is 2. The van der Waals surface area contributed by atoms with Crippen LogP contribution in [-0.2, 0) is 17.8 Å². The van der Waals surface area contributed by atoms with Crippen LogP contribution in [0.4, 0.5) is 5.69 Å². The fourth-order valence-electron chi connectivity index (χ4n) is 4.83. The van der Waals surface area contributed by atoms with Crippen LogP contribution in [0.15, 0.2) is 60.7 Å². The summed E-state index contributed by atoms with van der Waals surface area (Å²) in [6.07, 6.45) is 1.01. The van der Waals surface area contributed by atoms with Gasteiger partial charge in [-0.2, -0.15) is 0 Å². The van der Waals surface area contributed by atoms with Crippen LogP contribution in [0.3, 0.4) is 0 Å². The highest BCUT2D eigenvalue weighted by atomic mass is 16.5. The number of methoxy groups -OCH3 is 2. The van der Waals surface area contributed by atoms with Gasteiger partial charge < -0.3 is 29.8 Å². The maximum atomic E-state index is 11.2. The first kappa shape index (κ1) is 22.8. The normalized spacial score (nSPS) is 14.9. The molecule has 0 bridgehead atoms. The third-order valence-corrected chi connectivity index (χ3v) is 6.49. The molecule has 2 heterocycles. The first-order valence-electron chi connectivity index (χ1n) is 11.7. The van der Waals surface area contributed by atoms with E-state index >= 15 is 0 Å². The molecule has 7 nitrogen and oxygen atoms in total. The number of nitrogens with two attached hydrogens (primary N) is 1. The molecule has 0 saturated carbocycles. The van der Waals surface area contributed by atoms with Crippen molar-refractivity contribution in [2.45, 2.75) is 26.0 Å². The van der Waals surface area contributed by atoms with Crippen LogP contribution in [0.1, 0.15) is 35.3 Å². The molecule has 0 aliphatic carbocycles. The number of fused-ring (bicyclic) bond motifs is 3. The quantitative estimate of drug-likeness (QED) is 0.380. The number of benzene rings is 3. The van der Waals surface area contributed by atoms with Gasteiger partial charge in [-0.3, -0.25) is 4.79 Å². The van der Waals surface area contributed by atoms with E-state index in [-0.39, 0.29) is 11.9 Å². The van der Waals surface area contributed by atoms with E-state index in [0.29, 0.717) is 6.61 Å². The maximum Gasteiger partial charge on any atom is 0.221 e. The van der Waals surface area contributed by atoms with Gasteiger partial charge in [-0.25, -0.2) is 0 Å². The summed E-state index contributed by atoms with van der Waals surface area (Å²) in [6.45, 7) is 2.88. The summed E-state index contributed by atoms with van der Waals surface area (Å²) in [5.74, 6) is 2.29. The van der Waals surface area contributed by atoms with Crippen molar-refractivity contribution >= 4 is 22.5 Å². The molecule has 0 unspecified atom stereocenters. The van der Waals surface area contributed by atoms with Crippen molar-refractivity contribution in [2.75, 3.05) is 26.1 Å². The number of carbonyl (C=O) groups is 1. The molecule has 3 aromatic carbocycles. The summed E-state index contributed by atoms with van der Waals surface area (Å²) < 4.78 is 17.1. The number of aromatic amines is 1. The zero-order valence-corrected chi connectivity index (χ0v) is 20.2. The van der Waals surface area contributed by atoms with E-state index in [1.807, 2.05) is 36.4 Å². The van der Waals surface area contributed by atoms with Crippen molar-refractivity contribution < 1.29 is 24.3 Å². The van der Waals surface area contributed by atoms with Crippen molar-refractivity contribution in [2.24, 2.45) is 0 Å². The minimum atomic E-state index is -0.100. The summed E-state index contributed by atoms with van der Waals surface area (Å²) in [5.41, 5.74) is 6.66. The first-order chi connectivity index (χ1) is 17.1. The second kappa shape index (κ2) is 9.72. The van der Waals surface area contributed by atoms with E-state index < -0.39 is 0 Å². The Hall–Kier alpha value is -3.97. The molecule has 180 valence electrons. The molecule has 1 atom stereocenters. The Balaban J connectivity index is 1.41. The zero-order chi connectivity index (χ0) is 24.4. The Kier molecular flexibility index (Phi) is 6.33. The van der Waals surface area contributed by atoms with Gasteiger partial charge in [0.15, 0.2) is 6.04 Å². The molecular weight excluding hydrogens is 442 g/mol. The van der Waals surface area contributed by atoms with Crippen LogP contribution in [0.2, 0.25) is 0 Å². The summed E-state index contributed by atoms with van der Waals surface area (Å²) >= 11 is 0. The number of H-pyrrole nitrogens is 1. The lowest BCUT2D eigenvalue weighted by Gasteiger charge is -2.22. The maximum absolute atomic E-state index is 11.2. The largest absolute Gasteiger partial charge is 0.497 e. The molecule has 0 radical (unpaired) electrons. The number of rotatable bonds is 7. The molecule has 1 amide bonds. The molecule has 0 spiro atoms. The predicted molar refractivity (Wildman–Crippen MR) is 135 cm³/mol. The van der Waals surface area contributed by atoms with Gasteiger partial charge in [-0.05, 0) is 66.2 Å². The van der Waals surface area contributed by atoms with Gasteiger partial charge in [0.2, 0.25) is 5.91 Å². The summed E-state index contributed by atoms with van der Waals surface area (Å²) in [5, 5.41) is 6.37. The number of quaternary nitrogens is 1. The van der Waals surface area contributed by atoms with Gasteiger partial charge >= 0.3 is 0 Å². The average Bonchev–Trinajstić information content (AvgIpc) is 3.25. The van der Waals surface area contributed by atoms with Crippen molar-refractivity contribution in [1.29, 1.82) is 0 Å². The van der Waals surface area contributed by atoms with Crippen LogP contribution in [0.5, 0.6) is 17.2 Å². The highest BCUT2D eigenvalue weighted by molar-refractivity contribution is 5.88. The predicted octanol–water partition coefficient (Wildman–Crippen LogP) is 3.93. The van der Waals surface area contributed by atoms with Crippen LogP contribution in [0.25, 0.3) is 10.9 Å². The standard InChI is InChI=1S/C28H29N3O4/c1-17(32)30-20-5-7-21(8-6-20)35-16-19-14-18(4-11-26(19)34-3)27-28-23(12-13-29-27)24-15-22(33-2)9-10-25(24)31-28/h4-11,14-15,27,29,31H,12-13,16H2,1-3H3,(H,30,32)/p+1/t27-/m0/s1. The number of anilines is 1. The lowest BCUT2D eigenvalue weighted by Crippen LogP contribution is -2.87. The van der Waals surface area contributed by atoms with Gasteiger partial charge in [0, 0.05) is 41.1 Å². The highest BCUT2D eigenvalue weighted by Crippen LogP contribution is 2.34. The number of hydrogen-bond donors (Lipinski definition) is 3. The lowest BCUT2D eigenvalue weighted by atomic mass is 9.93. The van der Waals surface area contributed by atoms with Gasteiger partial charge in [-0.1, -0.05) is 0 Å². The van der Waals surface area contributed by atoms with E-state index in [9.17, 15) is 4.79 Å². The molecule has 1 aliphatic rings.